The molecule has 35 heavy (non-hydrogen) atoms. The van der Waals surface area contributed by atoms with Gasteiger partial charge in [-0.05, 0) is 36.1 Å². The zero-order chi connectivity index (χ0) is 24.9. The molecule has 4 rings (SSSR count). The van der Waals surface area contributed by atoms with Gasteiger partial charge in [-0.25, -0.2) is 4.79 Å². The Hall–Kier alpha value is -3.73. The van der Waals surface area contributed by atoms with E-state index in [1.807, 2.05) is 50.2 Å². The minimum atomic E-state index is -0.754. The molecular formula is C30H31NO4. The third-order valence-electron chi connectivity index (χ3n) is 6.59. The minimum absolute atomic E-state index is 0.0214. The van der Waals surface area contributed by atoms with E-state index in [0.29, 0.717) is 11.1 Å². The zero-order valence-electron chi connectivity index (χ0n) is 20.3. The third-order valence-corrected chi connectivity index (χ3v) is 6.59. The van der Waals surface area contributed by atoms with Crippen LogP contribution in [0.3, 0.4) is 0 Å². The first-order chi connectivity index (χ1) is 16.9. The Labute approximate surface area is 206 Å². The molecule has 1 N–H and O–H groups in total. The topological polar surface area (TPSA) is 72.5 Å². The number of ether oxygens (including phenoxy) is 1. The molecule has 5 nitrogen and oxygen atoms in total. The lowest BCUT2D eigenvalue weighted by molar-refractivity contribution is -0.146. The van der Waals surface area contributed by atoms with Crippen LogP contribution in [0.4, 0.5) is 0 Å². The summed E-state index contributed by atoms with van der Waals surface area (Å²) in [5.41, 5.74) is 3.13. The van der Waals surface area contributed by atoms with Crippen LogP contribution in [0.5, 0.6) is 0 Å². The highest BCUT2D eigenvalue weighted by atomic mass is 16.5. The molecule has 0 radical (unpaired) electrons. The summed E-state index contributed by atoms with van der Waals surface area (Å²) in [6.07, 6.45) is 0. The maximum Gasteiger partial charge on any atom is 0.328 e. The van der Waals surface area contributed by atoms with Crippen molar-refractivity contribution in [2.75, 3.05) is 6.61 Å². The lowest BCUT2D eigenvalue weighted by Crippen LogP contribution is -2.45. The Morgan fingerprint density at radius 1 is 0.800 bits per heavy atom. The summed E-state index contributed by atoms with van der Waals surface area (Å²) in [5.74, 6) is -0.976. The van der Waals surface area contributed by atoms with Crippen LogP contribution in [0, 0.1) is 11.8 Å². The Morgan fingerprint density at radius 3 is 1.86 bits per heavy atom. The lowest BCUT2D eigenvalue weighted by atomic mass is 9.99. The van der Waals surface area contributed by atoms with Crippen molar-refractivity contribution < 1.29 is 19.1 Å². The third kappa shape index (κ3) is 5.35. The van der Waals surface area contributed by atoms with E-state index in [-0.39, 0.29) is 36.1 Å². The van der Waals surface area contributed by atoms with E-state index in [4.69, 9.17) is 4.74 Å². The fourth-order valence-electron chi connectivity index (χ4n) is 4.78. The quantitative estimate of drug-likeness (QED) is 0.337. The van der Waals surface area contributed by atoms with E-state index < -0.39 is 17.9 Å². The van der Waals surface area contributed by atoms with Gasteiger partial charge >= 0.3 is 5.97 Å². The van der Waals surface area contributed by atoms with Gasteiger partial charge in [0.25, 0.3) is 5.91 Å². The Kier molecular flexibility index (Phi) is 7.45. The number of benzene rings is 3. The molecule has 180 valence electrons. The number of amides is 1. The first kappa shape index (κ1) is 24.4. The van der Waals surface area contributed by atoms with Gasteiger partial charge in [-0.1, -0.05) is 86.6 Å². The number of carbonyl (C=O) groups excluding carboxylic acids is 3. The summed E-state index contributed by atoms with van der Waals surface area (Å²) in [5, 5.41) is 2.77. The second-order valence-electron chi connectivity index (χ2n) is 9.29. The molecular weight excluding hydrogens is 438 g/mol. The summed E-state index contributed by atoms with van der Waals surface area (Å²) in [6, 6.07) is 26.2. The predicted octanol–water partition coefficient (Wildman–Crippen LogP) is 5.38. The van der Waals surface area contributed by atoms with Crippen molar-refractivity contribution >= 4 is 17.7 Å². The van der Waals surface area contributed by atoms with Crippen molar-refractivity contribution in [1.82, 2.24) is 5.32 Å². The Balaban J connectivity index is 1.57. The summed E-state index contributed by atoms with van der Waals surface area (Å²) in [7, 11) is 0. The van der Waals surface area contributed by atoms with E-state index in [9.17, 15) is 14.4 Å². The van der Waals surface area contributed by atoms with Crippen LogP contribution in [-0.4, -0.2) is 30.3 Å². The second-order valence-corrected chi connectivity index (χ2v) is 9.29. The van der Waals surface area contributed by atoms with Gasteiger partial charge < -0.3 is 10.1 Å². The van der Waals surface area contributed by atoms with Gasteiger partial charge in [-0.2, -0.15) is 0 Å². The highest BCUT2D eigenvalue weighted by molar-refractivity contribution is 6.04. The van der Waals surface area contributed by atoms with Crippen LogP contribution in [0.2, 0.25) is 0 Å². The largest absolute Gasteiger partial charge is 0.464 e. The molecule has 1 saturated carbocycles. The fourth-order valence-corrected chi connectivity index (χ4v) is 4.78. The van der Waals surface area contributed by atoms with Crippen LogP contribution < -0.4 is 5.32 Å². The molecule has 5 heteroatoms. The molecule has 0 saturated heterocycles. The Morgan fingerprint density at radius 2 is 1.34 bits per heavy atom. The van der Waals surface area contributed by atoms with Crippen molar-refractivity contribution in [2.45, 2.75) is 38.6 Å². The molecule has 1 aliphatic carbocycles. The van der Waals surface area contributed by atoms with Crippen LogP contribution in [0.25, 0.3) is 0 Å². The van der Waals surface area contributed by atoms with Gasteiger partial charge in [0.15, 0.2) is 5.78 Å². The van der Waals surface area contributed by atoms with Gasteiger partial charge in [-0.15, -0.1) is 0 Å². The number of ketones is 1. The van der Waals surface area contributed by atoms with Gasteiger partial charge in [-0.3, -0.25) is 9.59 Å². The van der Waals surface area contributed by atoms with Crippen molar-refractivity contribution in [3.63, 3.8) is 0 Å². The second kappa shape index (κ2) is 10.7. The monoisotopic (exact) mass is 469 g/mol. The highest BCUT2D eigenvalue weighted by Crippen LogP contribution is 2.61. The molecule has 0 aromatic heterocycles. The molecule has 0 aliphatic heterocycles. The van der Waals surface area contributed by atoms with E-state index >= 15 is 0 Å². The summed E-state index contributed by atoms with van der Waals surface area (Å²) >= 11 is 0. The average Bonchev–Trinajstić information content (AvgIpc) is 3.63. The van der Waals surface area contributed by atoms with Gasteiger partial charge in [0, 0.05) is 28.9 Å². The van der Waals surface area contributed by atoms with E-state index in [1.165, 1.54) is 0 Å². The molecule has 0 heterocycles. The van der Waals surface area contributed by atoms with Crippen LogP contribution in [0.15, 0.2) is 84.9 Å². The predicted molar refractivity (Wildman–Crippen MR) is 135 cm³/mol. The van der Waals surface area contributed by atoms with Gasteiger partial charge in [0.05, 0.1) is 6.61 Å². The molecule has 0 unspecified atom stereocenters. The van der Waals surface area contributed by atoms with E-state index in [0.717, 1.165) is 11.1 Å². The van der Waals surface area contributed by atoms with Crippen molar-refractivity contribution in [1.29, 1.82) is 0 Å². The number of esters is 1. The molecule has 3 aromatic carbocycles. The smallest absolute Gasteiger partial charge is 0.328 e. The van der Waals surface area contributed by atoms with Crippen molar-refractivity contribution in [3.8, 4) is 0 Å². The molecule has 3 atom stereocenters. The Bertz CT molecular complexity index is 1140. The van der Waals surface area contributed by atoms with E-state index in [2.05, 4.69) is 29.6 Å². The molecule has 1 aliphatic rings. The van der Waals surface area contributed by atoms with Crippen LogP contribution in [0.1, 0.15) is 64.4 Å². The number of nitrogens with one attached hydrogen (secondary N) is 1. The number of hydrogen-bond donors (Lipinski definition) is 1. The van der Waals surface area contributed by atoms with Crippen molar-refractivity contribution in [2.24, 2.45) is 11.8 Å². The first-order valence-corrected chi connectivity index (χ1v) is 12.1. The summed E-state index contributed by atoms with van der Waals surface area (Å²) in [4.78, 5) is 38.9. The maximum absolute atomic E-state index is 13.7. The number of carbonyl (C=O) groups is 3. The lowest BCUT2D eigenvalue weighted by Gasteiger charge is -2.20. The molecule has 0 bridgehead atoms. The number of rotatable bonds is 9. The molecule has 1 amide bonds. The number of hydrogen-bond acceptors (Lipinski definition) is 4. The molecule has 3 aromatic rings. The highest BCUT2D eigenvalue weighted by Gasteiger charge is 2.55. The van der Waals surface area contributed by atoms with Gasteiger partial charge in [0.1, 0.15) is 6.04 Å². The normalized spacial score (nSPS) is 19.6. The van der Waals surface area contributed by atoms with E-state index in [1.54, 1.807) is 31.2 Å². The zero-order valence-corrected chi connectivity index (χ0v) is 20.3. The van der Waals surface area contributed by atoms with Crippen LogP contribution >= 0.6 is 0 Å². The average molecular weight is 470 g/mol. The van der Waals surface area contributed by atoms with Gasteiger partial charge in [0.2, 0.25) is 0 Å². The summed E-state index contributed by atoms with van der Waals surface area (Å²) < 4.78 is 5.10. The molecule has 0 spiro atoms. The van der Waals surface area contributed by atoms with Crippen LogP contribution in [-0.2, 0) is 9.53 Å². The number of Topliss-reactive ketones (excluding diaryl/α,β-unsaturated/α-hetero) is 1. The fraction of sp³-hybridized carbons (Fsp3) is 0.300. The SMILES string of the molecule is CCOC(=O)[C@@H](NC(=O)c1cccc(C(=O)C2[C@H](c3ccccc3)[C@H]2c2ccccc2)c1)C(C)C. The summed E-state index contributed by atoms with van der Waals surface area (Å²) in [6.45, 7) is 5.68. The maximum atomic E-state index is 13.7. The molecule has 1 fully saturated rings. The van der Waals surface area contributed by atoms with Crippen molar-refractivity contribution in [3.05, 3.63) is 107 Å². The minimum Gasteiger partial charge on any atom is -0.464 e. The first-order valence-electron chi connectivity index (χ1n) is 12.1. The standard InChI is InChI=1S/C30H31NO4/c1-4-35-30(34)27(19(2)3)31-29(33)23-17-11-16-22(18-23)28(32)26-24(20-12-7-5-8-13-20)25(26)21-14-9-6-10-15-21/h5-19,24-27H,4H2,1-3H3,(H,31,33)/t24-,25-,27+/m1/s1.